The molecule has 0 aliphatic heterocycles. The molecule has 2 rings (SSSR count). The first-order chi connectivity index (χ1) is 11.1. The standard InChI is InChI=1S/C15H14N4O2S2/c1-21-13(20)12(7-10-5-3-2-4-6-10)18-14(22)19-15-17-11(8-16)9-23-15/h2-6,9,12H,7H2,1H3,(H2,17,18,19,22). The third kappa shape index (κ3) is 5.02. The van der Waals surface area contributed by atoms with Crippen molar-refractivity contribution >= 4 is 39.8 Å². The summed E-state index contributed by atoms with van der Waals surface area (Å²) >= 11 is 6.45. The second-order valence-electron chi connectivity index (χ2n) is 4.51. The van der Waals surface area contributed by atoms with Gasteiger partial charge in [0.25, 0.3) is 0 Å². The van der Waals surface area contributed by atoms with E-state index in [4.69, 9.17) is 22.2 Å². The minimum Gasteiger partial charge on any atom is -0.467 e. The Labute approximate surface area is 143 Å². The maximum Gasteiger partial charge on any atom is 0.328 e. The van der Waals surface area contributed by atoms with Gasteiger partial charge >= 0.3 is 5.97 Å². The van der Waals surface area contributed by atoms with E-state index in [0.717, 1.165) is 5.56 Å². The van der Waals surface area contributed by atoms with Crippen molar-refractivity contribution in [1.82, 2.24) is 10.3 Å². The molecule has 0 radical (unpaired) electrons. The lowest BCUT2D eigenvalue weighted by molar-refractivity contribution is -0.142. The predicted molar refractivity (Wildman–Crippen MR) is 92.1 cm³/mol. The Bertz CT molecular complexity index is 725. The van der Waals surface area contributed by atoms with Crippen molar-refractivity contribution in [3.05, 3.63) is 47.0 Å². The van der Waals surface area contributed by atoms with Gasteiger partial charge in [-0.15, -0.1) is 11.3 Å². The molecule has 1 aromatic heterocycles. The lowest BCUT2D eigenvalue weighted by Crippen LogP contribution is -2.44. The number of methoxy groups -OCH3 is 1. The van der Waals surface area contributed by atoms with E-state index in [-0.39, 0.29) is 5.11 Å². The van der Waals surface area contributed by atoms with Gasteiger partial charge in [0.2, 0.25) is 0 Å². The molecule has 2 aromatic rings. The van der Waals surface area contributed by atoms with Gasteiger partial charge in [0.05, 0.1) is 7.11 Å². The normalized spacial score (nSPS) is 11.1. The fraction of sp³-hybridized carbons (Fsp3) is 0.200. The van der Waals surface area contributed by atoms with Crippen LogP contribution in [0.15, 0.2) is 35.7 Å². The third-order valence-electron chi connectivity index (χ3n) is 2.91. The highest BCUT2D eigenvalue weighted by atomic mass is 32.1. The molecule has 0 fully saturated rings. The number of nitrogens with zero attached hydrogens (tertiary/aromatic N) is 2. The largest absolute Gasteiger partial charge is 0.467 e. The molecule has 0 spiro atoms. The van der Waals surface area contributed by atoms with Crippen molar-refractivity contribution in [3.8, 4) is 6.07 Å². The van der Waals surface area contributed by atoms with Gasteiger partial charge in [-0.1, -0.05) is 30.3 Å². The van der Waals surface area contributed by atoms with E-state index in [1.807, 2.05) is 36.4 Å². The number of hydrogen-bond donors (Lipinski definition) is 2. The number of carbonyl (C=O) groups is 1. The smallest absolute Gasteiger partial charge is 0.328 e. The van der Waals surface area contributed by atoms with Gasteiger partial charge in [-0.25, -0.2) is 9.78 Å². The number of aromatic nitrogens is 1. The van der Waals surface area contributed by atoms with Crippen molar-refractivity contribution in [2.24, 2.45) is 0 Å². The molecule has 0 aliphatic rings. The van der Waals surface area contributed by atoms with Crippen molar-refractivity contribution in [3.63, 3.8) is 0 Å². The van der Waals surface area contributed by atoms with Gasteiger partial charge in [0.15, 0.2) is 15.9 Å². The molecule has 0 amide bonds. The molecule has 1 heterocycles. The maximum atomic E-state index is 11.9. The van der Waals surface area contributed by atoms with Crippen LogP contribution in [0, 0.1) is 11.3 Å². The van der Waals surface area contributed by atoms with E-state index in [0.29, 0.717) is 17.2 Å². The highest BCUT2D eigenvalue weighted by Crippen LogP contribution is 2.14. The Morgan fingerprint density at radius 1 is 1.48 bits per heavy atom. The van der Waals surface area contributed by atoms with E-state index in [1.54, 1.807) is 5.38 Å². The molecule has 0 saturated carbocycles. The molecule has 1 atom stereocenters. The number of esters is 1. The molecular weight excluding hydrogens is 332 g/mol. The third-order valence-corrected chi connectivity index (χ3v) is 3.89. The van der Waals surface area contributed by atoms with Crippen LogP contribution in [-0.4, -0.2) is 29.2 Å². The summed E-state index contributed by atoms with van der Waals surface area (Å²) in [6.07, 6.45) is 0.441. The van der Waals surface area contributed by atoms with E-state index >= 15 is 0 Å². The summed E-state index contributed by atoms with van der Waals surface area (Å²) in [6, 6.07) is 10.9. The van der Waals surface area contributed by atoms with Gasteiger partial charge in [0, 0.05) is 11.8 Å². The minimum absolute atomic E-state index is 0.246. The summed E-state index contributed by atoms with van der Waals surface area (Å²) in [6.45, 7) is 0. The number of thiocarbonyl (C=S) groups is 1. The Balaban J connectivity index is 2.00. The van der Waals surface area contributed by atoms with Gasteiger partial charge in [-0.3, -0.25) is 0 Å². The molecule has 6 nitrogen and oxygen atoms in total. The molecule has 118 valence electrons. The number of carbonyl (C=O) groups excluding carboxylic acids is 1. The molecule has 0 aliphatic carbocycles. The lowest BCUT2D eigenvalue weighted by Gasteiger charge is -2.18. The average Bonchev–Trinajstić information content (AvgIpc) is 3.02. The Kier molecular flexibility index (Phi) is 6.02. The molecule has 0 saturated heterocycles. The molecule has 23 heavy (non-hydrogen) atoms. The van der Waals surface area contributed by atoms with Crippen molar-refractivity contribution in [2.45, 2.75) is 12.5 Å². The monoisotopic (exact) mass is 346 g/mol. The van der Waals surface area contributed by atoms with Crippen LogP contribution in [0.2, 0.25) is 0 Å². The lowest BCUT2D eigenvalue weighted by atomic mass is 10.1. The summed E-state index contributed by atoms with van der Waals surface area (Å²) in [5, 5.41) is 16.9. The van der Waals surface area contributed by atoms with Crippen LogP contribution in [0.4, 0.5) is 5.13 Å². The fourth-order valence-electron chi connectivity index (χ4n) is 1.86. The second-order valence-corrected chi connectivity index (χ2v) is 5.78. The predicted octanol–water partition coefficient (Wildman–Crippen LogP) is 2.09. The molecule has 1 aromatic carbocycles. The number of hydrogen-bond acceptors (Lipinski definition) is 6. The first-order valence-electron chi connectivity index (χ1n) is 6.67. The number of nitrogens with one attached hydrogen (secondary N) is 2. The summed E-state index contributed by atoms with van der Waals surface area (Å²) in [5.74, 6) is -0.408. The maximum absolute atomic E-state index is 11.9. The zero-order valence-electron chi connectivity index (χ0n) is 12.3. The number of benzene rings is 1. The summed E-state index contributed by atoms with van der Waals surface area (Å²) < 4.78 is 4.81. The highest BCUT2D eigenvalue weighted by molar-refractivity contribution is 7.80. The van der Waals surface area contributed by atoms with Crippen molar-refractivity contribution in [1.29, 1.82) is 5.26 Å². The molecule has 0 bridgehead atoms. The fourth-order valence-corrected chi connectivity index (χ4v) is 2.80. The Morgan fingerprint density at radius 3 is 2.83 bits per heavy atom. The molecular formula is C15H14N4O2S2. The number of rotatable bonds is 5. The molecule has 1 unspecified atom stereocenters. The highest BCUT2D eigenvalue weighted by Gasteiger charge is 2.20. The number of anilines is 1. The Hall–Kier alpha value is -2.50. The van der Waals surface area contributed by atoms with Gasteiger partial charge in [0.1, 0.15) is 12.1 Å². The van der Waals surface area contributed by atoms with Crippen molar-refractivity contribution in [2.75, 3.05) is 12.4 Å². The number of nitriles is 1. The summed E-state index contributed by atoms with van der Waals surface area (Å²) in [5.41, 5.74) is 1.30. The number of ether oxygens (including phenoxy) is 1. The van der Waals surface area contributed by atoms with Gasteiger partial charge < -0.3 is 15.4 Å². The molecule has 2 N–H and O–H groups in total. The van der Waals surface area contributed by atoms with Crippen LogP contribution < -0.4 is 10.6 Å². The van der Waals surface area contributed by atoms with Crippen LogP contribution >= 0.6 is 23.6 Å². The summed E-state index contributed by atoms with van der Waals surface area (Å²) in [7, 11) is 1.33. The van der Waals surface area contributed by atoms with Crippen LogP contribution in [0.5, 0.6) is 0 Å². The zero-order chi connectivity index (χ0) is 16.7. The SMILES string of the molecule is COC(=O)C(Cc1ccccc1)NC(=S)Nc1nc(C#N)cs1. The van der Waals surface area contributed by atoms with E-state index < -0.39 is 12.0 Å². The van der Waals surface area contributed by atoms with Crippen molar-refractivity contribution < 1.29 is 9.53 Å². The molecule has 8 heteroatoms. The van der Waals surface area contributed by atoms with E-state index in [1.165, 1.54) is 18.4 Å². The first kappa shape index (κ1) is 16.9. The van der Waals surface area contributed by atoms with Crippen LogP contribution in [0.3, 0.4) is 0 Å². The van der Waals surface area contributed by atoms with Crippen LogP contribution in [-0.2, 0) is 16.0 Å². The Morgan fingerprint density at radius 2 is 2.22 bits per heavy atom. The second kappa shape index (κ2) is 8.22. The quantitative estimate of drug-likeness (QED) is 0.633. The van der Waals surface area contributed by atoms with Gasteiger partial charge in [-0.05, 0) is 17.8 Å². The first-order valence-corrected chi connectivity index (χ1v) is 7.96. The topological polar surface area (TPSA) is 87.0 Å². The van der Waals surface area contributed by atoms with Crippen LogP contribution in [0.1, 0.15) is 11.3 Å². The summed E-state index contributed by atoms with van der Waals surface area (Å²) in [4.78, 5) is 16.0. The average molecular weight is 346 g/mol. The zero-order valence-corrected chi connectivity index (χ0v) is 13.9. The van der Waals surface area contributed by atoms with E-state index in [9.17, 15) is 4.79 Å². The van der Waals surface area contributed by atoms with Gasteiger partial charge in [-0.2, -0.15) is 5.26 Å². The minimum atomic E-state index is -0.613. The number of thiazole rings is 1. The van der Waals surface area contributed by atoms with Crippen LogP contribution in [0.25, 0.3) is 0 Å². The van der Waals surface area contributed by atoms with E-state index in [2.05, 4.69) is 15.6 Å².